The maximum atomic E-state index is 5.61. The molecular weight excluding hydrogens is 338 g/mol. The van der Waals surface area contributed by atoms with Crippen LogP contribution in [0.15, 0.2) is 20.4 Å². The van der Waals surface area contributed by atoms with E-state index in [4.69, 9.17) is 4.52 Å². The molecule has 108 valence electrons. The molecule has 0 aromatic carbocycles. The summed E-state index contributed by atoms with van der Waals surface area (Å²) in [6, 6.07) is 2.03. The number of piperidine rings is 1. The highest BCUT2D eigenvalue weighted by Crippen LogP contribution is 2.36. The second-order valence-electron chi connectivity index (χ2n) is 5.36. The van der Waals surface area contributed by atoms with Gasteiger partial charge in [-0.15, -0.1) is 11.3 Å². The van der Waals surface area contributed by atoms with Gasteiger partial charge >= 0.3 is 0 Å². The molecule has 0 bridgehead atoms. The zero-order valence-corrected chi connectivity index (χ0v) is 13.9. The number of thiophene rings is 1. The Morgan fingerprint density at radius 2 is 2.45 bits per heavy atom. The predicted octanol–water partition coefficient (Wildman–Crippen LogP) is 3.98. The Hall–Kier alpha value is -0.720. The van der Waals surface area contributed by atoms with Gasteiger partial charge in [-0.2, -0.15) is 4.98 Å². The van der Waals surface area contributed by atoms with Crippen LogP contribution in [0.4, 0.5) is 0 Å². The number of nitrogens with one attached hydrogen (secondary N) is 1. The highest BCUT2D eigenvalue weighted by Gasteiger charge is 2.38. The highest BCUT2D eigenvalue weighted by atomic mass is 79.9. The summed E-state index contributed by atoms with van der Waals surface area (Å²) in [6.45, 7) is 4.24. The van der Waals surface area contributed by atoms with Gasteiger partial charge in [-0.1, -0.05) is 18.5 Å². The minimum atomic E-state index is 0.0206. The van der Waals surface area contributed by atoms with Crippen molar-refractivity contribution in [3.8, 4) is 10.7 Å². The fourth-order valence-corrected chi connectivity index (χ4v) is 4.27. The monoisotopic (exact) mass is 355 g/mol. The van der Waals surface area contributed by atoms with Gasteiger partial charge in [0.05, 0.1) is 10.3 Å². The summed E-state index contributed by atoms with van der Waals surface area (Å²) in [7, 11) is 0. The van der Waals surface area contributed by atoms with Gasteiger partial charge in [-0.05, 0) is 47.8 Å². The quantitative estimate of drug-likeness (QED) is 0.900. The van der Waals surface area contributed by atoms with E-state index < -0.39 is 0 Å². The lowest BCUT2D eigenvalue weighted by molar-refractivity contribution is 0.213. The fourth-order valence-electron chi connectivity index (χ4n) is 2.92. The molecule has 3 rings (SSSR count). The van der Waals surface area contributed by atoms with Crippen LogP contribution in [0, 0.1) is 0 Å². The first-order valence-corrected chi connectivity index (χ1v) is 8.70. The second-order valence-corrected chi connectivity index (χ2v) is 7.19. The summed E-state index contributed by atoms with van der Waals surface area (Å²) in [5, 5.41) is 9.69. The van der Waals surface area contributed by atoms with E-state index in [0.29, 0.717) is 5.82 Å². The van der Waals surface area contributed by atoms with Crippen molar-refractivity contribution in [2.75, 3.05) is 13.1 Å². The first kappa shape index (κ1) is 14.2. The van der Waals surface area contributed by atoms with Crippen LogP contribution in [0.1, 0.15) is 38.5 Å². The van der Waals surface area contributed by atoms with Gasteiger partial charge in [0.25, 0.3) is 0 Å². The van der Waals surface area contributed by atoms with Crippen LogP contribution < -0.4 is 5.32 Å². The molecule has 2 aromatic rings. The van der Waals surface area contributed by atoms with E-state index >= 15 is 0 Å². The molecule has 4 nitrogen and oxygen atoms in total. The third-order valence-corrected chi connectivity index (χ3v) is 5.56. The summed E-state index contributed by atoms with van der Waals surface area (Å²) in [6.07, 6.45) is 4.52. The van der Waals surface area contributed by atoms with E-state index in [1.165, 1.54) is 6.42 Å². The normalized spacial score (nSPS) is 23.1. The minimum Gasteiger partial charge on any atom is -0.338 e. The highest BCUT2D eigenvalue weighted by molar-refractivity contribution is 9.10. The molecule has 0 spiro atoms. The van der Waals surface area contributed by atoms with E-state index in [0.717, 1.165) is 47.6 Å². The van der Waals surface area contributed by atoms with Crippen LogP contribution in [-0.2, 0) is 5.41 Å². The summed E-state index contributed by atoms with van der Waals surface area (Å²) in [5.41, 5.74) is 0.0206. The molecule has 2 aromatic heterocycles. The van der Waals surface area contributed by atoms with Crippen molar-refractivity contribution in [2.24, 2.45) is 0 Å². The summed E-state index contributed by atoms with van der Waals surface area (Å²) in [4.78, 5) is 5.72. The average molecular weight is 356 g/mol. The van der Waals surface area contributed by atoms with Crippen LogP contribution in [0.25, 0.3) is 10.7 Å². The minimum absolute atomic E-state index is 0.0206. The lowest BCUT2D eigenvalue weighted by Gasteiger charge is -2.34. The topological polar surface area (TPSA) is 51.0 Å². The molecule has 20 heavy (non-hydrogen) atoms. The number of aromatic nitrogens is 2. The molecule has 1 aliphatic heterocycles. The molecular formula is C14H18BrN3OS. The van der Waals surface area contributed by atoms with Gasteiger partial charge in [-0.25, -0.2) is 0 Å². The molecule has 1 saturated heterocycles. The standard InChI is InChI=1S/C14H18BrN3OS/c1-2-4-14(5-3-6-16-9-14)13-17-12(18-19-13)11-7-10(15)8-20-11/h7-8,16H,2-6,9H2,1H3. The number of hydrogen-bond donors (Lipinski definition) is 1. The van der Waals surface area contributed by atoms with Crippen molar-refractivity contribution < 1.29 is 4.52 Å². The third kappa shape index (κ3) is 2.69. The first-order valence-electron chi connectivity index (χ1n) is 7.03. The van der Waals surface area contributed by atoms with Crippen molar-refractivity contribution in [1.82, 2.24) is 15.5 Å². The van der Waals surface area contributed by atoms with E-state index in [9.17, 15) is 0 Å². The molecule has 0 saturated carbocycles. The van der Waals surface area contributed by atoms with Crippen molar-refractivity contribution in [2.45, 2.75) is 38.0 Å². The number of nitrogens with zero attached hydrogens (tertiary/aromatic N) is 2. The molecule has 1 aliphatic rings. The van der Waals surface area contributed by atoms with Crippen molar-refractivity contribution >= 4 is 27.3 Å². The third-order valence-electron chi connectivity index (χ3n) is 3.87. The largest absolute Gasteiger partial charge is 0.338 e. The van der Waals surface area contributed by atoms with Crippen molar-refractivity contribution in [3.05, 3.63) is 21.8 Å². The Balaban J connectivity index is 1.90. The number of hydrogen-bond acceptors (Lipinski definition) is 5. The Bertz CT molecular complexity index is 569. The van der Waals surface area contributed by atoms with Crippen LogP contribution in [0.3, 0.4) is 0 Å². The summed E-state index contributed by atoms with van der Waals surface area (Å²) >= 11 is 5.09. The maximum absolute atomic E-state index is 5.61. The van der Waals surface area contributed by atoms with Gasteiger partial charge in [-0.3, -0.25) is 0 Å². The predicted molar refractivity (Wildman–Crippen MR) is 84.0 cm³/mol. The zero-order chi connectivity index (χ0) is 14.0. The lowest BCUT2D eigenvalue weighted by Crippen LogP contribution is -2.43. The molecule has 1 N–H and O–H groups in total. The SMILES string of the molecule is CCCC1(c2nc(-c3cc(Br)cs3)no2)CCCNC1. The molecule has 0 aliphatic carbocycles. The molecule has 1 atom stereocenters. The van der Waals surface area contributed by atoms with Gasteiger partial charge in [0.15, 0.2) is 0 Å². The number of rotatable bonds is 4. The van der Waals surface area contributed by atoms with Gasteiger partial charge in [0, 0.05) is 16.4 Å². The van der Waals surface area contributed by atoms with Gasteiger partial charge in [0.2, 0.25) is 11.7 Å². The summed E-state index contributed by atoms with van der Waals surface area (Å²) in [5.74, 6) is 1.50. The molecule has 6 heteroatoms. The molecule has 1 fully saturated rings. The second kappa shape index (κ2) is 5.95. The van der Waals surface area contributed by atoms with Crippen molar-refractivity contribution in [3.63, 3.8) is 0 Å². The van der Waals surface area contributed by atoms with E-state index in [2.05, 4.69) is 38.3 Å². The van der Waals surface area contributed by atoms with Gasteiger partial charge in [0.1, 0.15) is 0 Å². The van der Waals surface area contributed by atoms with Crippen LogP contribution in [0.2, 0.25) is 0 Å². The first-order chi connectivity index (χ1) is 9.73. The Kier molecular flexibility index (Phi) is 4.23. The van der Waals surface area contributed by atoms with E-state index in [1.54, 1.807) is 11.3 Å². The fraction of sp³-hybridized carbons (Fsp3) is 0.571. The van der Waals surface area contributed by atoms with E-state index in [1.807, 2.05) is 11.4 Å². The lowest BCUT2D eigenvalue weighted by atomic mass is 9.77. The van der Waals surface area contributed by atoms with Crippen LogP contribution in [0.5, 0.6) is 0 Å². The zero-order valence-electron chi connectivity index (χ0n) is 11.5. The van der Waals surface area contributed by atoms with Gasteiger partial charge < -0.3 is 9.84 Å². The molecule has 3 heterocycles. The Labute approximate surface area is 131 Å². The van der Waals surface area contributed by atoms with Crippen LogP contribution in [-0.4, -0.2) is 23.2 Å². The average Bonchev–Trinajstić information content (AvgIpc) is 3.09. The molecule has 1 unspecified atom stereocenters. The van der Waals surface area contributed by atoms with Crippen LogP contribution >= 0.6 is 27.3 Å². The molecule has 0 amide bonds. The van der Waals surface area contributed by atoms with E-state index in [-0.39, 0.29) is 5.41 Å². The Morgan fingerprint density at radius 3 is 3.10 bits per heavy atom. The smallest absolute Gasteiger partial charge is 0.234 e. The number of halogens is 1. The maximum Gasteiger partial charge on any atom is 0.234 e. The molecule has 0 radical (unpaired) electrons. The summed E-state index contributed by atoms with van der Waals surface area (Å²) < 4.78 is 6.68. The Morgan fingerprint density at radius 1 is 1.55 bits per heavy atom. The van der Waals surface area contributed by atoms with Crippen molar-refractivity contribution in [1.29, 1.82) is 0 Å².